The second-order valence-electron chi connectivity index (χ2n) is 5.08. The largest absolute Gasteiger partial charge is 0.508 e. The molecule has 0 amide bonds. The second-order valence-corrected chi connectivity index (χ2v) is 5.08. The number of benzene rings is 2. The summed E-state index contributed by atoms with van der Waals surface area (Å²) >= 11 is 0. The Hall–Kier alpha value is -3.34. The van der Waals surface area contributed by atoms with E-state index in [0.717, 1.165) is 5.56 Å². The van der Waals surface area contributed by atoms with E-state index in [1.807, 2.05) is 0 Å². The smallest absolute Gasteiger partial charge is 0.164 e. The standard InChI is InChI=1S/C19H16O5/c20-15-8-4-13(5-9-15)6-10-16(21)12-17(22)11-7-14-2-1-3-18(23)19(14)24/h1-11,20,23-24H,12H2/b10-6+,11-7+. The predicted molar refractivity (Wildman–Crippen MR) is 90.6 cm³/mol. The summed E-state index contributed by atoms with van der Waals surface area (Å²) in [5, 5.41) is 28.1. The Morgan fingerprint density at radius 3 is 2.12 bits per heavy atom. The highest BCUT2D eigenvalue weighted by Gasteiger charge is 2.06. The SMILES string of the molecule is O=C(/C=C/c1ccc(O)cc1)CC(=O)/C=C/c1cccc(O)c1O. The Balaban J connectivity index is 1.94. The number of phenolic OH excluding ortho intramolecular Hbond substituents is 3. The molecule has 0 fully saturated rings. The molecule has 0 saturated heterocycles. The highest BCUT2D eigenvalue weighted by molar-refractivity contribution is 6.10. The van der Waals surface area contributed by atoms with Crippen LogP contribution in [0.2, 0.25) is 0 Å². The Kier molecular flexibility index (Phi) is 5.52. The summed E-state index contributed by atoms with van der Waals surface area (Å²) in [5.41, 5.74) is 1.02. The van der Waals surface area contributed by atoms with Crippen molar-refractivity contribution >= 4 is 23.7 Å². The van der Waals surface area contributed by atoms with Crippen LogP contribution in [0.5, 0.6) is 17.2 Å². The molecule has 0 aliphatic heterocycles. The van der Waals surface area contributed by atoms with Gasteiger partial charge in [-0.2, -0.15) is 0 Å². The first-order valence-electron chi connectivity index (χ1n) is 7.17. The van der Waals surface area contributed by atoms with Crippen molar-refractivity contribution in [3.8, 4) is 17.2 Å². The number of aromatic hydroxyl groups is 3. The van der Waals surface area contributed by atoms with Crippen molar-refractivity contribution in [3.63, 3.8) is 0 Å². The Labute approximate surface area is 138 Å². The number of carbonyl (C=O) groups is 2. The van der Waals surface area contributed by atoms with E-state index in [-0.39, 0.29) is 35.0 Å². The van der Waals surface area contributed by atoms with Crippen molar-refractivity contribution in [2.45, 2.75) is 6.42 Å². The number of para-hydroxylation sites is 1. The zero-order valence-electron chi connectivity index (χ0n) is 12.7. The zero-order valence-corrected chi connectivity index (χ0v) is 12.7. The third-order valence-electron chi connectivity index (χ3n) is 3.20. The molecule has 0 saturated carbocycles. The first kappa shape index (κ1) is 17.0. The van der Waals surface area contributed by atoms with Gasteiger partial charge in [0.2, 0.25) is 0 Å². The third-order valence-corrected chi connectivity index (χ3v) is 3.20. The lowest BCUT2D eigenvalue weighted by Gasteiger charge is -2.00. The Morgan fingerprint density at radius 1 is 0.833 bits per heavy atom. The van der Waals surface area contributed by atoms with Gasteiger partial charge in [0.1, 0.15) is 5.75 Å². The first-order chi connectivity index (χ1) is 11.5. The molecule has 0 heterocycles. The number of allylic oxidation sites excluding steroid dienone is 2. The average Bonchev–Trinajstić information content (AvgIpc) is 2.56. The number of hydrogen-bond donors (Lipinski definition) is 3. The summed E-state index contributed by atoms with van der Waals surface area (Å²) in [7, 11) is 0. The van der Waals surface area contributed by atoms with E-state index in [4.69, 9.17) is 5.11 Å². The lowest BCUT2D eigenvalue weighted by Crippen LogP contribution is -2.01. The van der Waals surface area contributed by atoms with E-state index in [9.17, 15) is 19.8 Å². The van der Waals surface area contributed by atoms with E-state index in [1.54, 1.807) is 18.2 Å². The van der Waals surface area contributed by atoms with Gasteiger partial charge in [-0.05, 0) is 42.0 Å². The molecule has 0 atom stereocenters. The summed E-state index contributed by atoms with van der Waals surface area (Å²) in [5.74, 6) is -1.25. The van der Waals surface area contributed by atoms with Crippen LogP contribution in [0.4, 0.5) is 0 Å². The maximum absolute atomic E-state index is 11.8. The molecule has 2 aromatic carbocycles. The van der Waals surface area contributed by atoms with E-state index in [0.29, 0.717) is 0 Å². The van der Waals surface area contributed by atoms with Crippen LogP contribution in [0.15, 0.2) is 54.6 Å². The van der Waals surface area contributed by atoms with Gasteiger partial charge in [-0.25, -0.2) is 0 Å². The minimum atomic E-state index is -0.418. The monoisotopic (exact) mass is 324 g/mol. The topological polar surface area (TPSA) is 94.8 Å². The Morgan fingerprint density at radius 2 is 1.46 bits per heavy atom. The lowest BCUT2D eigenvalue weighted by molar-refractivity contribution is -0.121. The molecule has 0 spiro atoms. The van der Waals surface area contributed by atoms with Gasteiger partial charge in [0, 0.05) is 5.56 Å². The van der Waals surface area contributed by atoms with Crippen LogP contribution in [0.25, 0.3) is 12.2 Å². The lowest BCUT2D eigenvalue weighted by atomic mass is 10.1. The summed E-state index contributed by atoms with van der Waals surface area (Å²) < 4.78 is 0. The number of hydrogen-bond acceptors (Lipinski definition) is 5. The minimum absolute atomic E-state index is 0.133. The van der Waals surface area contributed by atoms with E-state index < -0.39 is 5.78 Å². The summed E-state index contributed by atoms with van der Waals surface area (Å²) in [6, 6.07) is 10.7. The highest BCUT2D eigenvalue weighted by atomic mass is 16.3. The second kappa shape index (κ2) is 7.78. The van der Waals surface area contributed by atoms with Crippen molar-refractivity contribution in [2.24, 2.45) is 0 Å². The molecule has 2 rings (SSSR count). The van der Waals surface area contributed by atoms with Gasteiger partial charge in [-0.1, -0.05) is 30.3 Å². The number of phenols is 3. The van der Waals surface area contributed by atoms with Crippen LogP contribution in [-0.4, -0.2) is 26.9 Å². The molecular weight excluding hydrogens is 308 g/mol. The van der Waals surface area contributed by atoms with Crippen molar-refractivity contribution in [1.82, 2.24) is 0 Å². The molecule has 122 valence electrons. The van der Waals surface area contributed by atoms with E-state index in [2.05, 4.69) is 0 Å². The number of rotatable bonds is 6. The van der Waals surface area contributed by atoms with Crippen molar-refractivity contribution < 1.29 is 24.9 Å². The van der Waals surface area contributed by atoms with Gasteiger partial charge >= 0.3 is 0 Å². The summed E-state index contributed by atoms with van der Waals surface area (Å²) in [4.78, 5) is 23.5. The first-order valence-corrected chi connectivity index (χ1v) is 7.17. The molecule has 0 aromatic heterocycles. The quantitative estimate of drug-likeness (QED) is 0.431. The van der Waals surface area contributed by atoms with Crippen LogP contribution >= 0.6 is 0 Å². The molecule has 0 aliphatic carbocycles. The van der Waals surface area contributed by atoms with Gasteiger partial charge in [-0.3, -0.25) is 9.59 Å². The molecule has 24 heavy (non-hydrogen) atoms. The van der Waals surface area contributed by atoms with Crippen LogP contribution in [0, 0.1) is 0 Å². The van der Waals surface area contributed by atoms with Crippen LogP contribution in [0.1, 0.15) is 17.5 Å². The minimum Gasteiger partial charge on any atom is -0.508 e. The van der Waals surface area contributed by atoms with Crippen molar-refractivity contribution in [2.75, 3.05) is 0 Å². The van der Waals surface area contributed by atoms with Crippen LogP contribution in [-0.2, 0) is 9.59 Å². The van der Waals surface area contributed by atoms with Gasteiger partial charge in [0.15, 0.2) is 23.1 Å². The molecular formula is C19H16O5. The highest BCUT2D eigenvalue weighted by Crippen LogP contribution is 2.28. The maximum atomic E-state index is 11.8. The fourth-order valence-electron chi connectivity index (χ4n) is 1.93. The Bertz CT molecular complexity index is 801. The van der Waals surface area contributed by atoms with Crippen molar-refractivity contribution in [3.05, 3.63) is 65.7 Å². The molecule has 0 aliphatic rings. The molecule has 5 heteroatoms. The predicted octanol–water partition coefficient (Wildman–Crippen LogP) is 3.06. The van der Waals surface area contributed by atoms with Crippen molar-refractivity contribution in [1.29, 1.82) is 0 Å². The molecule has 5 nitrogen and oxygen atoms in total. The fourth-order valence-corrected chi connectivity index (χ4v) is 1.93. The molecule has 3 N–H and O–H groups in total. The molecule has 2 aromatic rings. The van der Waals surface area contributed by atoms with E-state index in [1.165, 1.54) is 48.6 Å². The average molecular weight is 324 g/mol. The van der Waals surface area contributed by atoms with Gasteiger partial charge < -0.3 is 15.3 Å². The number of carbonyl (C=O) groups excluding carboxylic acids is 2. The van der Waals surface area contributed by atoms with Crippen LogP contribution < -0.4 is 0 Å². The molecule has 0 unspecified atom stereocenters. The van der Waals surface area contributed by atoms with Gasteiger partial charge in [0.25, 0.3) is 0 Å². The molecule has 0 bridgehead atoms. The maximum Gasteiger partial charge on any atom is 0.164 e. The van der Waals surface area contributed by atoms with Gasteiger partial charge in [-0.15, -0.1) is 0 Å². The third kappa shape index (κ3) is 4.84. The molecule has 0 radical (unpaired) electrons. The number of ketones is 2. The summed E-state index contributed by atoms with van der Waals surface area (Å²) in [6.07, 6.45) is 5.07. The van der Waals surface area contributed by atoms with Crippen LogP contribution in [0.3, 0.4) is 0 Å². The van der Waals surface area contributed by atoms with Gasteiger partial charge in [0.05, 0.1) is 6.42 Å². The van der Waals surface area contributed by atoms with E-state index >= 15 is 0 Å². The zero-order chi connectivity index (χ0) is 17.5. The summed E-state index contributed by atoms with van der Waals surface area (Å²) in [6.45, 7) is 0. The fraction of sp³-hybridized carbons (Fsp3) is 0.0526. The normalized spacial score (nSPS) is 11.2.